The lowest BCUT2D eigenvalue weighted by molar-refractivity contribution is 0.214. The molecule has 106 valence electrons. The number of hydrogen-bond acceptors (Lipinski definition) is 2. The van der Waals surface area contributed by atoms with Gasteiger partial charge >= 0.3 is 0 Å². The smallest absolute Gasteiger partial charge is 0.125 e. The molecule has 4 heteroatoms. The molecule has 0 aliphatic carbocycles. The zero-order valence-electron chi connectivity index (χ0n) is 11.6. The molecule has 0 amide bonds. The highest BCUT2D eigenvalue weighted by atomic mass is 79.9. The predicted octanol–water partition coefficient (Wildman–Crippen LogP) is 4.81. The van der Waals surface area contributed by atoms with Gasteiger partial charge in [0.2, 0.25) is 0 Å². The molecule has 0 fully saturated rings. The third-order valence-corrected chi connectivity index (χ3v) is 4.26. The van der Waals surface area contributed by atoms with E-state index in [0.717, 1.165) is 21.2 Å². The van der Waals surface area contributed by atoms with Gasteiger partial charge in [-0.15, -0.1) is 0 Å². The van der Waals surface area contributed by atoms with E-state index < -0.39 is 6.10 Å². The molecular formula is C16H16BrClO2. The first-order valence-electron chi connectivity index (χ1n) is 6.21. The summed E-state index contributed by atoms with van der Waals surface area (Å²) in [6, 6.07) is 9.34. The molecule has 2 nitrogen and oxygen atoms in total. The van der Waals surface area contributed by atoms with Crippen LogP contribution in [0.4, 0.5) is 0 Å². The molecule has 0 aliphatic heterocycles. The molecule has 2 aromatic carbocycles. The van der Waals surface area contributed by atoms with E-state index in [1.54, 1.807) is 13.2 Å². The Balaban J connectivity index is 2.52. The Labute approximate surface area is 132 Å². The number of hydrogen-bond donors (Lipinski definition) is 1. The highest BCUT2D eigenvalue weighted by Gasteiger charge is 2.17. The summed E-state index contributed by atoms with van der Waals surface area (Å²) in [5.74, 6) is 0.663. The molecular weight excluding hydrogens is 340 g/mol. The van der Waals surface area contributed by atoms with Gasteiger partial charge in [-0.2, -0.15) is 0 Å². The van der Waals surface area contributed by atoms with Crippen LogP contribution >= 0.6 is 27.5 Å². The lowest BCUT2D eigenvalue weighted by Gasteiger charge is -2.17. The van der Waals surface area contributed by atoms with Gasteiger partial charge in [0, 0.05) is 15.1 Å². The van der Waals surface area contributed by atoms with Crippen molar-refractivity contribution in [3.8, 4) is 5.75 Å². The Morgan fingerprint density at radius 2 is 1.85 bits per heavy atom. The van der Waals surface area contributed by atoms with E-state index in [1.165, 1.54) is 0 Å². The largest absolute Gasteiger partial charge is 0.496 e. The Kier molecular flexibility index (Phi) is 4.74. The maximum atomic E-state index is 10.6. The summed E-state index contributed by atoms with van der Waals surface area (Å²) in [4.78, 5) is 0. The number of rotatable bonds is 3. The molecule has 1 unspecified atom stereocenters. The topological polar surface area (TPSA) is 29.5 Å². The number of aliphatic hydroxyl groups excluding tert-OH is 1. The van der Waals surface area contributed by atoms with E-state index in [4.69, 9.17) is 16.3 Å². The Morgan fingerprint density at radius 3 is 2.45 bits per heavy atom. The van der Waals surface area contributed by atoms with Crippen LogP contribution in [0.25, 0.3) is 0 Å². The molecule has 1 atom stereocenters. The standard InChI is InChI=1S/C16H16BrClO2/c1-9-4-11(7-12(18)5-9)16(19)13-8-14(17)10(2)6-15(13)20-3/h4-8,16,19H,1-3H3. The normalized spacial score (nSPS) is 12.3. The SMILES string of the molecule is COc1cc(C)c(Br)cc1C(O)c1cc(C)cc(Cl)c1. The van der Waals surface area contributed by atoms with Crippen molar-refractivity contribution in [2.75, 3.05) is 7.11 Å². The summed E-state index contributed by atoms with van der Waals surface area (Å²) >= 11 is 9.55. The van der Waals surface area contributed by atoms with Gasteiger partial charge in [0.25, 0.3) is 0 Å². The molecule has 2 aromatic rings. The van der Waals surface area contributed by atoms with Crippen molar-refractivity contribution in [3.05, 3.63) is 62.1 Å². The average molecular weight is 356 g/mol. The summed E-state index contributed by atoms with van der Waals surface area (Å²) < 4.78 is 6.31. The summed E-state index contributed by atoms with van der Waals surface area (Å²) in [6.07, 6.45) is -0.778. The van der Waals surface area contributed by atoms with Gasteiger partial charge in [-0.25, -0.2) is 0 Å². The monoisotopic (exact) mass is 354 g/mol. The third-order valence-electron chi connectivity index (χ3n) is 3.19. The quantitative estimate of drug-likeness (QED) is 0.856. The molecule has 0 bridgehead atoms. The van der Waals surface area contributed by atoms with Crippen LogP contribution in [-0.2, 0) is 0 Å². The lowest BCUT2D eigenvalue weighted by atomic mass is 9.98. The van der Waals surface area contributed by atoms with E-state index >= 15 is 0 Å². The zero-order chi connectivity index (χ0) is 14.9. The minimum absolute atomic E-state index is 0.615. The molecule has 0 heterocycles. The molecule has 2 rings (SSSR count). The summed E-state index contributed by atoms with van der Waals surface area (Å²) in [6.45, 7) is 3.93. The molecule has 0 saturated heterocycles. The van der Waals surface area contributed by atoms with Crippen LogP contribution in [0.15, 0.2) is 34.8 Å². The molecule has 0 spiro atoms. The minimum atomic E-state index is -0.778. The molecule has 20 heavy (non-hydrogen) atoms. The van der Waals surface area contributed by atoms with Crippen LogP contribution in [0.5, 0.6) is 5.75 Å². The number of aryl methyl sites for hydroxylation is 2. The van der Waals surface area contributed by atoms with Crippen LogP contribution in [0.1, 0.15) is 28.4 Å². The van der Waals surface area contributed by atoms with Gasteiger partial charge in [0.05, 0.1) is 7.11 Å². The Bertz CT molecular complexity index is 620. The van der Waals surface area contributed by atoms with Crippen LogP contribution in [0.2, 0.25) is 5.02 Å². The van der Waals surface area contributed by atoms with Gasteiger partial charge in [0.1, 0.15) is 11.9 Å². The third kappa shape index (κ3) is 3.17. The van der Waals surface area contributed by atoms with Crippen molar-refractivity contribution in [2.45, 2.75) is 20.0 Å². The molecule has 0 aliphatic rings. The van der Waals surface area contributed by atoms with Gasteiger partial charge in [-0.3, -0.25) is 0 Å². The van der Waals surface area contributed by atoms with Crippen LogP contribution in [-0.4, -0.2) is 12.2 Å². The van der Waals surface area contributed by atoms with Crippen LogP contribution < -0.4 is 4.74 Å². The van der Waals surface area contributed by atoms with E-state index in [0.29, 0.717) is 16.3 Å². The fourth-order valence-electron chi connectivity index (χ4n) is 2.16. The van der Waals surface area contributed by atoms with Gasteiger partial charge in [-0.05, 0) is 54.8 Å². The fraction of sp³-hybridized carbons (Fsp3) is 0.250. The number of ether oxygens (including phenoxy) is 1. The van der Waals surface area contributed by atoms with E-state index in [1.807, 2.05) is 38.1 Å². The maximum Gasteiger partial charge on any atom is 0.125 e. The summed E-state index contributed by atoms with van der Waals surface area (Å²) in [5.41, 5.74) is 3.53. The predicted molar refractivity (Wildman–Crippen MR) is 85.7 cm³/mol. The van der Waals surface area contributed by atoms with Crippen LogP contribution in [0.3, 0.4) is 0 Å². The summed E-state index contributed by atoms with van der Waals surface area (Å²) in [7, 11) is 1.60. The highest BCUT2D eigenvalue weighted by Crippen LogP contribution is 2.35. The number of benzene rings is 2. The van der Waals surface area contributed by atoms with Crippen molar-refractivity contribution in [1.29, 1.82) is 0 Å². The Hall–Kier alpha value is -1.03. The first-order chi connectivity index (χ1) is 9.42. The van der Waals surface area contributed by atoms with Crippen LogP contribution in [0, 0.1) is 13.8 Å². The highest BCUT2D eigenvalue weighted by molar-refractivity contribution is 9.10. The van der Waals surface area contributed by atoms with Crippen molar-refractivity contribution >= 4 is 27.5 Å². The van der Waals surface area contributed by atoms with Crippen molar-refractivity contribution in [1.82, 2.24) is 0 Å². The second kappa shape index (κ2) is 6.17. The first kappa shape index (κ1) is 15.4. The Morgan fingerprint density at radius 1 is 1.15 bits per heavy atom. The molecule has 1 N–H and O–H groups in total. The van der Waals surface area contributed by atoms with Crippen molar-refractivity contribution in [3.63, 3.8) is 0 Å². The van der Waals surface area contributed by atoms with Crippen molar-refractivity contribution in [2.24, 2.45) is 0 Å². The molecule has 0 radical (unpaired) electrons. The second-order valence-corrected chi connectivity index (χ2v) is 6.10. The van der Waals surface area contributed by atoms with E-state index in [2.05, 4.69) is 15.9 Å². The average Bonchev–Trinajstić information content (AvgIpc) is 2.39. The van der Waals surface area contributed by atoms with Crippen molar-refractivity contribution < 1.29 is 9.84 Å². The lowest BCUT2D eigenvalue weighted by Crippen LogP contribution is -2.03. The summed E-state index contributed by atoms with van der Waals surface area (Å²) in [5, 5.41) is 11.2. The van der Waals surface area contributed by atoms with Gasteiger partial charge in [-0.1, -0.05) is 33.6 Å². The van der Waals surface area contributed by atoms with Gasteiger partial charge < -0.3 is 9.84 Å². The number of methoxy groups -OCH3 is 1. The number of aliphatic hydroxyl groups is 1. The van der Waals surface area contributed by atoms with Gasteiger partial charge in [0.15, 0.2) is 0 Å². The minimum Gasteiger partial charge on any atom is -0.496 e. The second-order valence-electron chi connectivity index (χ2n) is 4.81. The zero-order valence-corrected chi connectivity index (χ0v) is 13.9. The van der Waals surface area contributed by atoms with E-state index in [-0.39, 0.29) is 0 Å². The molecule has 0 aromatic heterocycles. The molecule has 0 saturated carbocycles. The van der Waals surface area contributed by atoms with E-state index in [9.17, 15) is 5.11 Å². The fourth-order valence-corrected chi connectivity index (χ4v) is 2.82. The first-order valence-corrected chi connectivity index (χ1v) is 7.38. The number of halogens is 2. The maximum absolute atomic E-state index is 10.6.